The van der Waals surface area contributed by atoms with Gasteiger partial charge >= 0.3 is 0 Å². The first-order valence-electron chi connectivity index (χ1n) is 5.27. The van der Waals surface area contributed by atoms with E-state index in [1.54, 1.807) is 0 Å². The van der Waals surface area contributed by atoms with Gasteiger partial charge in [-0.3, -0.25) is 0 Å². The van der Waals surface area contributed by atoms with Crippen molar-refractivity contribution < 1.29 is 21.2 Å². The Morgan fingerprint density at radius 2 is 1.85 bits per heavy atom. The summed E-state index contributed by atoms with van der Waals surface area (Å²) in [5.41, 5.74) is 5.39. The van der Waals surface area contributed by atoms with E-state index in [1.807, 2.05) is 4.72 Å². The topological polar surface area (TPSA) is 132 Å². The highest BCUT2D eigenvalue weighted by atomic mass is 35.5. The number of halogens is 2. The van der Waals surface area contributed by atoms with Crippen LogP contribution in [0.15, 0.2) is 17.0 Å². The third kappa shape index (κ3) is 4.87. The summed E-state index contributed by atoms with van der Waals surface area (Å²) in [5, 5.41) is 4.34. The van der Waals surface area contributed by atoms with Crippen LogP contribution in [0.5, 0.6) is 0 Å². The van der Waals surface area contributed by atoms with Crippen LogP contribution in [0.4, 0.5) is 10.1 Å². The normalized spacial score (nSPS) is 12.6. The standard InChI is InChI=1S/C9H13ClFN3O4S2/c10-7-4-6(12)5-8(9(7)11)20(17,18)14-2-1-3-19(13,15)16/h4-5,14H,1-3,12H2,(H2,13,15,16). The number of rotatable bonds is 6. The number of primary sulfonamides is 1. The average molecular weight is 346 g/mol. The summed E-state index contributed by atoms with van der Waals surface area (Å²) >= 11 is 5.50. The van der Waals surface area contributed by atoms with Crippen molar-refractivity contribution in [2.45, 2.75) is 11.3 Å². The minimum Gasteiger partial charge on any atom is -0.399 e. The molecule has 0 atom stereocenters. The summed E-state index contributed by atoms with van der Waals surface area (Å²) in [6, 6.07) is 2.00. The largest absolute Gasteiger partial charge is 0.399 e. The van der Waals surface area contributed by atoms with Crippen LogP contribution in [-0.2, 0) is 20.0 Å². The maximum atomic E-state index is 13.7. The lowest BCUT2D eigenvalue weighted by Gasteiger charge is -2.09. The van der Waals surface area contributed by atoms with Gasteiger partial charge in [0.2, 0.25) is 20.0 Å². The molecule has 20 heavy (non-hydrogen) atoms. The van der Waals surface area contributed by atoms with Crippen molar-refractivity contribution in [1.82, 2.24) is 4.72 Å². The molecule has 0 saturated heterocycles. The van der Waals surface area contributed by atoms with Crippen molar-refractivity contribution >= 4 is 37.3 Å². The van der Waals surface area contributed by atoms with E-state index in [4.69, 9.17) is 22.5 Å². The van der Waals surface area contributed by atoms with E-state index in [0.29, 0.717) is 0 Å². The Labute approximate surface area is 121 Å². The van der Waals surface area contributed by atoms with Gasteiger partial charge in [0.1, 0.15) is 4.90 Å². The fourth-order valence-corrected chi connectivity index (χ4v) is 3.37. The van der Waals surface area contributed by atoms with Crippen molar-refractivity contribution in [3.8, 4) is 0 Å². The van der Waals surface area contributed by atoms with Crippen molar-refractivity contribution in [3.05, 3.63) is 23.0 Å². The number of sulfonamides is 2. The van der Waals surface area contributed by atoms with Crippen LogP contribution in [0.3, 0.4) is 0 Å². The quantitative estimate of drug-likeness (QED) is 0.493. The summed E-state index contributed by atoms with van der Waals surface area (Å²) in [4.78, 5) is -0.696. The molecule has 1 aromatic carbocycles. The molecule has 1 rings (SSSR count). The van der Waals surface area contributed by atoms with Gasteiger partial charge in [-0.05, 0) is 18.6 Å². The lowest BCUT2D eigenvalue weighted by Crippen LogP contribution is -2.28. The molecule has 0 saturated carbocycles. The minimum absolute atomic E-state index is 0.0127. The van der Waals surface area contributed by atoms with Crippen LogP contribution in [0, 0.1) is 5.82 Å². The number of nitrogens with one attached hydrogen (secondary N) is 1. The Morgan fingerprint density at radius 1 is 1.25 bits per heavy atom. The molecule has 0 bridgehead atoms. The van der Waals surface area contributed by atoms with Gasteiger partial charge < -0.3 is 5.73 Å². The van der Waals surface area contributed by atoms with Gasteiger partial charge in [0.05, 0.1) is 10.8 Å². The van der Waals surface area contributed by atoms with Crippen molar-refractivity contribution in [2.75, 3.05) is 18.0 Å². The lowest BCUT2D eigenvalue weighted by atomic mass is 10.3. The molecule has 0 aliphatic heterocycles. The smallest absolute Gasteiger partial charge is 0.243 e. The van der Waals surface area contributed by atoms with Crippen LogP contribution in [0.25, 0.3) is 0 Å². The van der Waals surface area contributed by atoms with E-state index in [2.05, 4.69) is 0 Å². The molecule has 0 aromatic heterocycles. The molecule has 0 spiro atoms. The molecule has 7 nitrogen and oxygen atoms in total. The highest BCUT2D eigenvalue weighted by molar-refractivity contribution is 7.89. The lowest BCUT2D eigenvalue weighted by molar-refractivity contribution is 0.555. The second kappa shape index (κ2) is 6.22. The Bertz CT molecular complexity index is 706. The first kappa shape index (κ1) is 17.1. The zero-order chi connectivity index (χ0) is 15.6. The molecule has 0 radical (unpaired) electrons. The van der Waals surface area contributed by atoms with Gasteiger partial charge in [0.15, 0.2) is 5.82 Å². The Hall–Kier alpha value is -0.940. The highest BCUT2D eigenvalue weighted by Crippen LogP contribution is 2.25. The van der Waals surface area contributed by atoms with Gasteiger partial charge in [0, 0.05) is 12.2 Å². The highest BCUT2D eigenvalue weighted by Gasteiger charge is 2.21. The second-order valence-electron chi connectivity index (χ2n) is 3.93. The zero-order valence-corrected chi connectivity index (χ0v) is 12.5. The summed E-state index contributed by atoms with van der Waals surface area (Å²) < 4.78 is 60.7. The van der Waals surface area contributed by atoms with E-state index >= 15 is 0 Å². The van der Waals surface area contributed by atoms with E-state index in [1.165, 1.54) is 0 Å². The molecule has 1 aromatic rings. The van der Waals surface area contributed by atoms with Crippen LogP contribution < -0.4 is 15.6 Å². The fraction of sp³-hybridized carbons (Fsp3) is 0.333. The Morgan fingerprint density at radius 3 is 2.40 bits per heavy atom. The van der Waals surface area contributed by atoms with E-state index in [9.17, 15) is 21.2 Å². The molecule has 0 amide bonds. The third-order valence-corrected chi connectivity index (χ3v) is 4.80. The number of hydrogen-bond acceptors (Lipinski definition) is 5. The van der Waals surface area contributed by atoms with Crippen LogP contribution >= 0.6 is 11.6 Å². The summed E-state index contributed by atoms with van der Waals surface area (Å²) in [6.07, 6.45) is -0.0459. The molecule has 114 valence electrons. The third-order valence-electron chi connectivity index (χ3n) is 2.20. The van der Waals surface area contributed by atoms with E-state index in [0.717, 1.165) is 12.1 Å². The van der Waals surface area contributed by atoms with Crippen LogP contribution in [0.2, 0.25) is 5.02 Å². The van der Waals surface area contributed by atoms with Gasteiger partial charge in [-0.15, -0.1) is 0 Å². The Balaban J connectivity index is 2.85. The number of benzene rings is 1. The van der Waals surface area contributed by atoms with E-state index in [-0.39, 0.29) is 18.7 Å². The molecule has 0 fully saturated rings. The van der Waals surface area contributed by atoms with Gasteiger partial charge in [-0.2, -0.15) is 0 Å². The van der Waals surface area contributed by atoms with E-state index < -0.39 is 41.5 Å². The van der Waals surface area contributed by atoms with Crippen LogP contribution in [-0.4, -0.2) is 29.1 Å². The minimum atomic E-state index is -4.18. The molecule has 0 heterocycles. The maximum Gasteiger partial charge on any atom is 0.243 e. The number of nitrogen functional groups attached to an aromatic ring is 1. The Kier molecular flexibility index (Phi) is 5.33. The van der Waals surface area contributed by atoms with Gasteiger partial charge in [-0.1, -0.05) is 11.6 Å². The number of anilines is 1. The summed E-state index contributed by atoms with van der Waals surface area (Å²) in [7, 11) is -7.86. The van der Waals surface area contributed by atoms with Crippen molar-refractivity contribution in [3.63, 3.8) is 0 Å². The number of hydrogen-bond donors (Lipinski definition) is 3. The predicted molar refractivity (Wildman–Crippen MR) is 73.6 cm³/mol. The first-order chi connectivity index (χ1) is 9.03. The molecule has 0 aliphatic rings. The molecule has 5 N–H and O–H groups in total. The molecular formula is C9H13ClFN3O4S2. The fourth-order valence-electron chi connectivity index (χ4n) is 1.34. The molecule has 11 heteroatoms. The molecule has 0 unspecified atom stereocenters. The predicted octanol–water partition coefficient (Wildman–Crippen LogP) is 0.0182. The summed E-state index contributed by atoms with van der Waals surface area (Å²) in [6.45, 7) is -0.218. The second-order valence-corrected chi connectivity index (χ2v) is 7.81. The monoisotopic (exact) mass is 345 g/mol. The average Bonchev–Trinajstić information content (AvgIpc) is 2.28. The summed E-state index contributed by atoms with van der Waals surface area (Å²) in [5.74, 6) is -1.52. The molecule has 0 aliphatic carbocycles. The van der Waals surface area contributed by atoms with Crippen LogP contribution in [0.1, 0.15) is 6.42 Å². The van der Waals surface area contributed by atoms with Gasteiger partial charge in [0.25, 0.3) is 0 Å². The SMILES string of the molecule is Nc1cc(Cl)c(F)c(S(=O)(=O)NCCCS(N)(=O)=O)c1. The maximum absolute atomic E-state index is 13.7. The van der Waals surface area contributed by atoms with Crippen molar-refractivity contribution in [1.29, 1.82) is 0 Å². The molecular weight excluding hydrogens is 333 g/mol. The first-order valence-corrected chi connectivity index (χ1v) is 8.85. The zero-order valence-electron chi connectivity index (χ0n) is 10.1. The van der Waals surface area contributed by atoms with Crippen molar-refractivity contribution in [2.24, 2.45) is 5.14 Å². The number of nitrogens with two attached hydrogens (primary N) is 2. The van der Waals surface area contributed by atoms with Gasteiger partial charge in [-0.25, -0.2) is 31.1 Å².